The maximum Gasteiger partial charge on any atom is 0.270 e. The quantitative estimate of drug-likeness (QED) is 0.181. The molecular formula is C35H49N7O5. The maximum absolute atomic E-state index is 13.0. The SMILES string of the molecule is C=N/C(=C\C(=NC)NC1CCC(C(=O)N2CCCCC2)CC1)C(=O)NC[C@@H](O)CN1CCc2c(ccc(OCc3cnco3)c2C)C1. The number of fused-ring (bicyclic) bond motifs is 1. The molecule has 2 fully saturated rings. The number of hydrogen-bond acceptors (Lipinski definition) is 9. The average Bonchev–Trinajstić information content (AvgIpc) is 3.63. The predicted octanol–water partition coefficient (Wildman–Crippen LogP) is 3.17. The summed E-state index contributed by atoms with van der Waals surface area (Å²) in [6.07, 6.45) is 11.6. The Balaban J connectivity index is 1.05. The first kappa shape index (κ1) is 34.3. The molecule has 2 aliphatic heterocycles. The molecule has 1 saturated heterocycles. The lowest BCUT2D eigenvalue weighted by Gasteiger charge is -2.34. The van der Waals surface area contributed by atoms with Crippen molar-refractivity contribution >= 4 is 24.4 Å². The number of rotatable bonds is 12. The van der Waals surface area contributed by atoms with Crippen molar-refractivity contribution in [2.75, 3.05) is 39.8 Å². The Morgan fingerprint density at radius 1 is 1.19 bits per heavy atom. The van der Waals surface area contributed by atoms with Gasteiger partial charge in [0.2, 0.25) is 5.91 Å². The van der Waals surface area contributed by atoms with E-state index in [1.54, 1.807) is 19.3 Å². The lowest BCUT2D eigenvalue weighted by molar-refractivity contribution is -0.137. The van der Waals surface area contributed by atoms with Crippen molar-refractivity contribution in [3.63, 3.8) is 0 Å². The molecule has 0 bridgehead atoms. The summed E-state index contributed by atoms with van der Waals surface area (Å²) in [7, 11) is 1.66. The Labute approximate surface area is 277 Å². The topological polar surface area (TPSA) is 145 Å². The minimum Gasteiger partial charge on any atom is -0.485 e. The van der Waals surface area contributed by atoms with Gasteiger partial charge in [-0.05, 0) is 87.8 Å². The molecule has 3 heterocycles. The zero-order chi connectivity index (χ0) is 33.2. The molecule has 3 N–H and O–H groups in total. The second kappa shape index (κ2) is 16.7. The Bertz CT molecular complexity index is 1430. The number of likely N-dealkylation sites (tertiary alicyclic amines) is 1. The number of ether oxygens (including phenoxy) is 1. The molecule has 2 aromatic rings. The number of aliphatic imine (C=N–C) groups is 2. The summed E-state index contributed by atoms with van der Waals surface area (Å²) in [6.45, 7) is 9.77. The number of benzene rings is 1. The number of β-amino-alcohol motifs (C(OH)–C–C–N with tert-alkyl or cyclic N) is 1. The fourth-order valence-corrected chi connectivity index (χ4v) is 6.87. The number of aliphatic hydroxyl groups is 1. The van der Waals surface area contributed by atoms with Gasteiger partial charge in [0.1, 0.15) is 23.9 Å². The molecule has 0 unspecified atom stereocenters. The number of piperidine rings is 1. The number of nitrogens with zero attached hydrogens (tertiary/aromatic N) is 5. The fourth-order valence-electron chi connectivity index (χ4n) is 6.87. The molecule has 47 heavy (non-hydrogen) atoms. The monoisotopic (exact) mass is 647 g/mol. The summed E-state index contributed by atoms with van der Waals surface area (Å²) >= 11 is 0. The molecule has 1 aromatic heterocycles. The van der Waals surface area contributed by atoms with Gasteiger partial charge in [-0.3, -0.25) is 24.5 Å². The van der Waals surface area contributed by atoms with Gasteiger partial charge < -0.3 is 29.8 Å². The van der Waals surface area contributed by atoms with Crippen LogP contribution >= 0.6 is 0 Å². The van der Waals surface area contributed by atoms with E-state index in [4.69, 9.17) is 9.15 Å². The number of nitrogens with one attached hydrogen (secondary N) is 2. The Hall–Kier alpha value is -4.03. The summed E-state index contributed by atoms with van der Waals surface area (Å²) in [5.74, 6) is 2.03. The van der Waals surface area contributed by atoms with Crippen LogP contribution in [0.25, 0.3) is 0 Å². The van der Waals surface area contributed by atoms with Crippen molar-refractivity contribution in [3.05, 3.63) is 58.9 Å². The lowest BCUT2D eigenvalue weighted by atomic mass is 9.84. The zero-order valence-corrected chi connectivity index (χ0v) is 27.7. The first-order valence-electron chi connectivity index (χ1n) is 16.8. The van der Waals surface area contributed by atoms with Crippen LogP contribution in [0.15, 0.2) is 50.9 Å². The van der Waals surface area contributed by atoms with Crippen LogP contribution in [0.3, 0.4) is 0 Å². The van der Waals surface area contributed by atoms with Crippen LogP contribution in [0.4, 0.5) is 0 Å². The number of aromatic nitrogens is 1. The van der Waals surface area contributed by atoms with Crippen molar-refractivity contribution in [2.24, 2.45) is 15.9 Å². The molecule has 3 aliphatic rings. The third kappa shape index (κ3) is 9.29. The second-order valence-electron chi connectivity index (χ2n) is 12.8. The highest BCUT2D eigenvalue weighted by molar-refractivity contribution is 6.03. The van der Waals surface area contributed by atoms with E-state index in [0.29, 0.717) is 37.2 Å². The van der Waals surface area contributed by atoms with Gasteiger partial charge in [-0.25, -0.2) is 4.98 Å². The van der Waals surface area contributed by atoms with E-state index in [9.17, 15) is 14.7 Å². The highest BCUT2D eigenvalue weighted by atomic mass is 16.5. The minimum atomic E-state index is -0.752. The summed E-state index contributed by atoms with van der Waals surface area (Å²) in [6, 6.07) is 4.22. The van der Waals surface area contributed by atoms with Crippen molar-refractivity contribution in [1.82, 2.24) is 25.4 Å². The summed E-state index contributed by atoms with van der Waals surface area (Å²) < 4.78 is 11.2. The van der Waals surface area contributed by atoms with Crippen LogP contribution in [0, 0.1) is 12.8 Å². The van der Waals surface area contributed by atoms with Gasteiger partial charge in [0, 0.05) is 64.4 Å². The van der Waals surface area contributed by atoms with Crippen molar-refractivity contribution < 1.29 is 23.8 Å². The van der Waals surface area contributed by atoms with Crippen molar-refractivity contribution in [2.45, 2.75) is 83.6 Å². The van der Waals surface area contributed by atoms with E-state index in [-0.39, 0.29) is 24.2 Å². The van der Waals surface area contributed by atoms with E-state index >= 15 is 0 Å². The molecule has 5 rings (SSSR count). The standard InChI is InChI=1S/C35H49N7O5/c1-24-30-13-16-41(20-26(30)9-12-32(24)46-22-29-19-38-23-47-29)21-28(43)18-39-34(44)31(36-2)17-33(37-3)40-27-10-7-25(8-11-27)35(45)42-14-5-4-6-15-42/h9,12,17,19,23,25,27-28,43H,2,4-8,10-11,13-16,18,20-22H2,1,3H3,(H,37,40)(H,39,44)/b31-17-/t25?,27?,28-/m1/s1. The Morgan fingerprint density at radius 3 is 2.68 bits per heavy atom. The van der Waals surface area contributed by atoms with Crippen molar-refractivity contribution in [3.8, 4) is 5.75 Å². The van der Waals surface area contributed by atoms with Crippen molar-refractivity contribution in [1.29, 1.82) is 0 Å². The van der Waals surface area contributed by atoms with Gasteiger partial charge in [0.15, 0.2) is 12.2 Å². The molecule has 0 radical (unpaired) electrons. The molecule has 1 saturated carbocycles. The smallest absolute Gasteiger partial charge is 0.270 e. The molecule has 12 heteroatoms. The van der Waals surface area contributed by atoms with Crippen LogP contribution < -0.4 is 15.4 Å². The summed E-state index contributed by atoms with van der Waals surface area (Å²) in [4.78, 5) is 42.3. The van der Waals surface area contributed by atoms with Gasteiger partial charge in [-0.15, -0.1) is 0 Å². The van der Waals surface area contributed by atoms with Crippen LogP contribution in [0.5, 0.6) is 5.75 Å². The average molecular weight is 648 g/mol. The first-order chi connectivity index (χ1) is 22.8. The Kier molecular flexibility index (Phi) is 12.2. The molecular weight excluding hydrogens is 598 g/mol. The molecule has 0 spiro atoms. The van der Waals surface area contributed by atoms with Crippen LogP contribution in [0.1, 0.15) is 67.4 Å². The number of carbonyl (C=O) groups excluding carboxylic acids is 2. The summed E-state index contributed by atoms with van der Waals surface area (Å²) in [5, 5.41) is 17.0. The van der Waals surface area contributed by atoms with E-state index < -0.39 is 12.0 Å². The van der Waals surface area contributed by atoms with Gasteiger partial charge >= 0.3 is 0 Å². The van der Waals surface area contributed by atoms with E-state index in [2.05, 4.69) is 50.2 Å². The molecule has 2 amide bonds. The maximum atomic E-state index is 13.0. The lowest BCUT2D eigenvalue weighted by Crippen LogP contribution is -2.44. The zero-order valence-electron chi connectivity index (χ0n) is 27.7. The molecule has 1 aliphatic carbocycles. The fraction of sp³-hybridized carbons (Fsp3) is 0.571. The number of aliphatic hydroxyl groups excluding tert-OH is 1. The van der Waals surface area contributed by atoms with Gasteiger partial charge in [-0.1, -0.05) is 6.07 Å². The highest BCUT2D eigenvalue weighted by Gasteiger charge is 2.30. The van der Waals surface area contributed by atoms with Gasteiger partial charge in [0.05, 0.1) is 12.3 Å². The normalized spacial score (nSPS) is 21.5. The first-order valence-corrected chi connectivity index (χ1v) is 16.8. The number of hydrogen-bond donors (Lipinski definition) is 3. The van der Waals surface area contributed by atoms with E-state index in [0.717, 1.165) is 75.9 Å². The Morgan fingerprint density at radius 2 is 1.98 bits per heavy atom. The number of amides is 2. The van der Waals surface area contributed by atoms with E-state index in [1.807, 2.05) is 11.0 Å². The molecule has 1 aromatic carbocycles. The third-order valence-corrected chi connectivity index (χ3v) is 9.55. The van der Waals surface area contributed by atoms with Gasteiger partial charge in [-0.2, -0.15) is 0 Å². The number of oxazole rings is 1. The van der Waals surface area contributed by atoms with Crippen LogP contribution in [0.2, 0.25) is 0 Å². The molecule has 254 valence electrons. The largest absolute Gasteiger partial charge is 0.485 e. The predicted molar refractivity (Wildman–Crippen MR) is 180 cm³/mol. The number of amidine groups is 1. The van der Waals surface area contributed by atoms with Crippen LogP contribution in [-0.2, 0) is 29.2 Å². The van der Waals surface area contributed by atoms with E-state index in [1.165, 1.54) is 23.9 Å². The molecule has 1 atom stereocenters. The van der Waals surface area contributed by atoms with Crippen LogP contribution in [-0.4, -0.2) is 96.2 Å². The molecule has 12 nitrogen and oxygen atoms in total. The third-order valence-electron chi connectivity index (χ3n) is 9.55. The minimum absolute atomic E-state index is 0.0869. The second-order valence-corrected chi connectivity index (χ2v) is 12.8. The highest BCUT2D eigenvalue weighted by Crippen LogP contribution is 2.30. The number of carbonyl (C=O) groups is 2. The van der Waals surface area contributed by atoms with Gasteiger partial charge in [0.25, 0.3) is 5.91 Å². The summed E-state index contributed by atoms with van der Waals surface area (Å²) in [5.41, 5.74) is 3.72.